The Labute approximate surface area is 197 Å². The van der Waals surface area contributed by atoms with E-state index in [0.717, 1.165) is 48.6 Å². The molecule has 0 aliphatic heterocycles. The van der Waals surface area contributed by atoms with Crippen molar-refractivity contribution in [1.82, 2.24) is 10.9 Å². The molecule has 2 aromatic rings. The van der Waals surface area contributed by atoms with Crippen molar-refractivity contribution < 1.29 is 9.59 Å². The summed E-state index contributed by atoms with van der Waals surface area (Å²) >= 11 is 3.15. The molecule has 1 aliphatic carbocycles. The second-order valence-electron chi connectivity index (χ2n) is 7.38. The smallest absolute Gasteiger partial charge is 0.250 e. The molecule has 0 aromatic heterocycles. The summed E-state index contributed by atoms with van der Waals surface area (Å²) in [5.74, 6) is 2.21. The summed E-state index contributed by atoms with van der Waals surface area (Å²) in [7, 11) is 0. The molecule has 3 rings (SSSR count). The van der Waals surface area contributed by atoms with E-state index < -0.39 is 0 Å². The fourth-order valence-corrected chi connectivity index (χ4v) is 4.63. The summed E-state index contributed by atoms with van der Waals surface area (Å²) in [6.07, 6.45) is 2.98. The lowest BCUT2D eigenvalue weighted by Gasteiger charge is -2.15. The Bertz CT molecular complexity index is 844. The number of nitrogens with zero attached hydrogens (tertiary/aromatic N) is 2. The summed E-state index contributed by atoms with van der Waals surface area (Å²) in [5, 5.41) is 8.53. The van der Waals surface area contributed by atoms with E-state index in [-0.39, 0.29) is 11.8 Å². The van der Waals surface area contributed by atoms with Crippen molar-refractivity contribution in [2.24, 2.45) is 10.2 Å². The summed E-state index contributed by atoms with van der Waals surface area (Å²) in [6, 6.07) is 20.2. The lowest BCUT2D eigenvalue weighted by atomic mass is 9.97. The second-order valence-corrected chi connectivity index (χ2v) is 9.35. The van der Waals surface area contributed by atoms with Gasteiger partial charge in [-0.3, -0.25) is 9.59 Å². The molecule has 0 unspecified atom stereocenters. The van der Waals surface area contributed by atoms with E-state index >= 15 is 0 Å². The Kier molecular flexibility index (Phi) is 10.3. The van der Waals surface area contributed by atoms with Gasteiger partial charge < -0.3 is 0 Å². The predicted octanol–water partition coefficient (Wildman–Crippen LogP) is 4.37. The molecule has 0 radical (unpaired) electrons. The van der Waals surface area contributed by atoms with Gasteiger partial charge in [-0.25, -0.2) is 10.9 Å². The lowest BCUT2D eigenvalue weighted by molar-refractivity contribution is -0.119. The van der Waals surface area contributed by atoms with Gasteiger partial charge in [-0.2, -0.15) is 10.2 Å². The molecule has 32 heavy (non-hydrogen) atoms. The van der Waals surface area contributed by atoms with Gasteiger partial charge in [-0.15, -0.1) is 23.5 Å². The van der Waals surface area contributed by atoms with E-state index in [1.807, 2.05) is 36.4 Å². The molecular formula is C24H28N4O2S2. The van der Waals surface area contributed by atoms with Crippen LogP contribution in [0.2, 0.25) is 0 Å². The molecule has 0 saturated heterocycles. The van der Waals surface area contributed by atoms with Crippen LogP contribution in [0.5, 0.6) is 0 Å². The molecule has 6 nitrogen and oxygen atoms in total. The molecule has 1 saturated carbocycles. The molecule has 0 spiro atoms. The topological polar surface area (TPSA) is 82.9 Å². The van der Waals surface area contributed by atoms with Crippen LogP contribution in [-0.4, -0.2) is 34.7 Å². The van der Waals surface area contributed by atoms with Crippen LogP contribution in [-0.2, 0) is 21.1 Å². The third kappa shape index (κ3) is 9.28. The minimum Gasteiger partial charge on any atom is -0.272 e. The lowest BCUT2D eigenvalue weighted by Crippen LogP contribution is -2.25. The van der Waals surface area contributed by atoms with Gasteiger partial charge in [-0.1, -0.05) is 60.7 Å². The van der Waals surface area contributed by atoms with Crippen molar-refractivity contribution in [2.45, 2.75) is 37.2 Å². The average molecular weight is 469 g/mol. The van der Waals surface area contributed by atoms with Gasteiger partial charge in [-0.05, 0) is 36.8 Å². The van der Waals surface area contributed by atoms with E-state index in [1.54, 1.807) is 23.5 Å². The number of rotatable bonds is 10. The molecule has 168 valence electrons. The molecule has 1 fully saturated rings. The maximum absolute atomic E-state index is 12.0. The standard InChI is InChI=1S/C24H28N4O2S2/c29-23(17-31-15-19-7-3-1-4-8-19)27-25-21-11-13-22(14-12-21)26-28-24(30)18-32-16-20-9-5-2-6-10-20/h1-10H,11-18H2,(H,27,29)(H,28,30). The molecule has 0 bridgehead atoms. The maximum atomic E-state index is 12.0. The number of hydrogen-bond donors (Lipinski definition) is 2. The van der Waals surface area contributed by atoms with Crippen LogP contribution in [0.3, 0.4) is 0 Å². The van der Waals surface area contributed by atoms with Crippen molar-refractivity contribution in [1.29, 1.82) is 0 Å². The number of thioether (sulfide) groups is 2. The van der Waals surface area contributed by atoms with Crippen LogP contribution in [0.4, 0.5) is 0 Å². The molecule has 2 aromatic carbocycles. The molecule has 8 heteroatoms. The second kappa shape index (κ2) is 13.8. The first-order valence-corrected chi connectivity index (χ1v) is 12.9. The van der Waals surface area contributed by atoms with E-state index in [0.29, 0.717) is 11.5 Å². The highest BCUT2D eigenvalue weighted by Gasteiger charge is 2.14. The number of amides is 2. The van der Waals surface area contributed by atoms with Crippen LogP contribution in [0.15, 0.2) is 70.9 Å². The van der Waals surface area contributed by atoms with Crippen LogP contribution in [0, 0.1) is 0 Å². The molecule has 0 heterocycles. The fraction of sp³-hybridized carbons (Fsp3) is 0.333. The van der Waals surface area contributed by atoms with E-state index in [1.165, 1.54) is 11.1 Å². The highest BCUT2D eigenvalue weighted by Crippen LogP contribution is 2.14. The van der Waals surface area contributed by atoms with Crippen LogP contribution >= 0.6 is 23.5 Å². The number of carbonyl (C=O) groups excluding carboxylic acids is 2. The minimum atomic E-state index is -0.0850. The zero-order chi connectivity index (χ0) is 22.4. The van der Waals surface area contributed by atoms with Gasteiger partial charge >= 0.3 is 0 Å². The van der Waals surface area contributed by atoms with Crippen LogP contribution < -0.4 is 10.9 Å². The molecule has 1 aliphatic rings. The number of hydrazone groups is 2. The van der Waals surface area contributed by atoms with E-state index in [4.69, 9.17) is 0 Å². The normalized spacial score (nSPS) is 13.4. The summed E-state index contributed by atoms with van der Waals surface area (Å²) < 4.78 is 0. The quantitative estimate of drug-likeness (QED) is 0.507. The maximum Gasteiger partial charge on any atom is 0.250 e. The highest BCUT2D eigenvalue weighted by atomic mass is 32.2. The molecule has 2 amide bonds. The Morgan fingerprint density at radius 1 is 0.656 bits per heavy atom. The van der Waals surface area contributed by atoms with Gasteiger partial charge in [0.15, 0.2) is 0 Å². The van der Waals surface area contributed by atoms with Crippen molar-refractivity contribution in [2.75, 3.05) is 11.5 Å². The van der Waals surface area contributed by atoms with Crippen molar-refractivity contribution >= 4 is 46.8 Å². The van der Waals surface area contributed by atoms with Gasteiger partial charge in [0, 0.05) is 22.9 Å². The Morgan fingerprint density at radius 3 is 1.41 bits per heavy atom. The number of hydrogen-bond acceptors (Lipinski definition) is 6. The SMILES string of the molecule is O=C(CSCc1ccccc1)NN=C1CCC(=NNC(=O)CSCc2ccccc2)CC1. The van der Waals surface area contributed by atoms with E-state index in [2.05, 4.69) is 45.3 Å². The first kappa shape index (κ1) is 24.1. The van der Waals surface area contributed by atoms with Gasteiger partial charge in [0.1, 0.15) is 0 Å². The molecule has 0 atom stereocenters. The Balaban J connectivity index is 1.28. The molecule has 2 N–H and O–H groups in total. The Morgan fingerprint density at radius 2 is 1.03 bits per heavy atom. The van der Waals surface area contributed by atoms with Crippen molar-refractivity contribution in [3.63, 3.8) is 0 Å². The highest BCUT2D eigenvalue weighted by molar-refractivity contribution is 7.99. The number of nitrogens with one attached hydrogen (secondary N) is 2. The minimum absolute atomic E-state index is 0.0850. The zero-order valence-corrected chi connectivity index (χ0v) is 19.6. The fourth-order valence-electron chi connectivity index (χ4n) is 3.07. The summed E-state index contributed by atoms with van der Waals surface area (Å²) in [6.45, 7) is 0. The van der Waals surface area contributed by atoms with Crippen molar-refractivity contribution in [3.8, 4) is 0 Å². The third-order valence-corrected chi connectivity index (χ3v) is 6.78. The monoisotopic (exact) mass is 468 g/mol. The molecular weight excluding hydrogens is 440 g/mol. The first-order chi connectivity index (χ1) is 15.7. The largest absolute Gasteiger partial charge is 0.272 e. The van der Waals surface area contributed by atoms with Crippen LogP contribution in [0.1, 0.15) is 36.8 Å². The summed E-state index contributed by atoms with van der Waals surface area (Å²) in [5.41, 5.74) is 9.66. The van der Waals surface area contributed by atoms with E-state index in [9.17, 15) is 9.59 Å². The van der Waals surface area contributed by atoms with Crippen LogP contribution in [0.25, 0.3) is 0 Å². The zero-order valence-electron chi connectivity index (χ0n) is 18.0. The first-order valence-electron chi connectivity index (χ1n) is 10.6. The number of carbonyl (C=O) groups is 2. The van der Waals surface area contributed by atoms with Gasteiger partial charge in [0.05, 0.1) is 11.5 Å². The Hall–Kier alpha value is -2.58. The van der Waals surface area contributed by atoms with Gasteiger partial charge in [0.2, 0.25) is 11.8 Å². The van der Waals surface area contributed by atoms with Crippen molar-refractivity contribution in [3.05, 3.63) is 71.8 Å². The predicted molar refractivity (Wildman–Crippen MR) is 135 cm³/mol. The average Bonchev–Trinajstić information content (AvgIpc) is 2.83. The number of benzene rings is 2. The van der Waals surface area contributed by atoms with Gasteiger partial charge in [0.25, 0.3) is 0 Å². The summed E-state index contributed by atoms with van der Waals surface area (Å²) in [4.78, 5) is 24.0. The third-order valence-electron chi connectivity index (χ3n) is 4.77.